The number of fused-ring (bicyclic) bond motifs is 2. The van der Waals surface area contributed by atoms with E-state index in [0.29, 0.717) is 0 Å². The predicted octanol–water partition coefficient (Wildman–Crippen LogP) is 3.73. The topological polar surface area (TPSA) is 0 Å². The number of rotatable bonds is 0. The molecule has 1 heteroatoms. The monoisotopic (exact) mass is 344 g/mol. The fraction of sp³-hybridized carbons (Fsp3) is 0.0588. The van der Waals surface area contributed by atoms with E-state index in [1.54, 1.807) is 0 Å². The van der Waals surface area contributed by atoms with Crippen LogP contribution in [0.3, 0.4) is 0 Å². The SMILES string of the molecule is C=c1c2ccccc2c(=C)c2c(I)ccc(C)c12. The number of halogens is 1. The fourth-order valence-corrected chi connectivity index (χ4v) is 3.42. The van der Waals surface area contributed by atoms with Gasteiger partial charge in [0.25, 0.3) is 0 Å². The Morgan fingerprint density at radius 2 is 1.39 bits per heavy atom. The molecule has 0 heterocycles. The van der Waals surface area contributed by atoms with Gasteiger partial charge in [0, 0.05) is 8.96 Å². The molecule has 0 bridgehead atoms. The average Bonchev–Trinajstić information content (AvgIpc) is 2.38. The minimum atomic E-state index is 1.11. The minimum Gasteiger partial charge on any atom is -0.0905 e. The summed E-state index contributed by atoms with van der Waals surface area (Å²) in [5.74, 6) is 0. The van der Waals surface area contributed by atoms with Crippen LogP contribution >= 0.6 is 22.6 Å². The second kappa shape index (κ2) is 4.09. The van der Waals surface area contributed by atoms with Gasteiger partial charge in [0.05, 0.1) is 0 Å². The van der Waals surface area contributed by atoms with Gasteiger partial charge in [-0.05, 0) is 67.7 Å². The second-order valence-electron chi connectivity index (χ2n) is 4.62. The zero-order valence-electron chi connectivity index (χ0n) is 10.3. The molecule has 0 saturated carbocycles. The van der Waals surface area contributed by atoms with Gasteiger partial charge in [-0.25, -0.2) is 0 Å². The molecule has 3 rings (SSSR count). The summed E-state index contributed by atoms with van der Waals surface area (Å²) in [5.41, 5.74) is 1.27. The summed E-state index contributed by atoms with van der Waals surface area (Å²) in [4.78, 5) is 0. The van der Waals surface area contributed by atoms with Crippen LogP contribution in [0.1, 0.15) is 5.56 Å². The van der Waals surface area contributed by atoms with Crippen molar-refractivity contribution in [1.82, 2.24) is 0 Å². The minimum absolute atomic E-state index is 1.11. The summed E-state index contributed by atoms with van der Waals surface area (Å²) in [6, 6.07) is 12.7. The highest BCUT2D eigenvalue weighted by Crippen LogP contribution is 2.21. The quantitative estimate of drug-likeness (QED) is 0.431. The van der Waals surface area contributed by atoms with Crippen molar-refractivity contribution in [3.8, 4) is 0 Å². The Bertz CT molecular complexity index is 802. The summed E-state index contributed by atoms with van der Waals surface area (Å²) in [7, 11) is 0. The van der Waals surface area contributed by atoms with Gasteiger partial charge in [-0.3, -0.25) is 0 Å². The van der Waals surface area contributed by atoms with Gasteiger partial charge < -0.3 is 0 Å². The third-order valence-corrected chi connectivity index (χ3v) is 4.44. The largest absolute Gasteiger partial charge is 0.0905 e. The van der Waals surface area contributed by atoms with Gasteiger partial charge in [-0.15, -0.1) is 0 Å². The first-order valence-corrected chi connectivity index (χ1v) is 6.96. The molecule has 0 N–H and O–H groups in total. The van der Waals surface area contributed by atoms with Crippen molar-refractivity contribution in [3.05, 3.63) is 56.0 Å². The van der Waals surface area contributed by atoms with Crippen molar-refractivity contribution in [2.45, 2.75) is 6.92 Å². The molecular formula is C17H13I. The lowest BCUT2D eigenvalue weighted by Crippen LogP contribution is -2.14. The van der Waals surface area contributed by atoms with Crippen LogP contribution in [0.15, 0.2) is 36.4 Å². The van der Waals surface area contributed by atoms with Gasteiger partial charge in [-0.2, -0.15) is 0 Å². The smallest absolute Gasteiger partial charge is 0.0215 e. The fourth-order valence-electron chi connectivity index (χ4n) is 2.64. The molecule has 0 spiro atoms. The van der Waals surface area contributed by atoms with Crippen molar-refractivity contribution in [2.24, 2.45) is 0 Å². The Morgan fingerprint density at radius 3 is 2.00 bits per heavy atom. The Labute approximate surface area is 120 Å². The number of aryl methyl sites for hydroxylation is 1. The maximum Gasteiger partial charge on any atom is 0.0215 e. The first-order valence-electron chi connectivity index (χ1n) is 5.88. The van der Waals surface area contributed by atoms with Crippen LogP contribution in [-0.2, 0) is 0 Å². The van der Waals surface area contributed by atoms with Crippen molar-refractivity contribution in [1.29, 1.82) is 0 Å². The van der Waals surface area contributed by atoms with E-state index in [4.69, 9.17) is 0 Å². The molecule has 0 aliphatic rings. The van der Waals surface area contributed by atoms with E-state index in [1.165, 1.54) is 30.7 Å². The van der Waals surface area contributed by atoms with E-state index in [1.807, 2.05) is 0 Å². The standard InChI is InChI=1S/C17H13I/c1-10-8-9-15(18)17-12(3)14-7-5-4-6-13(14)11(2)16(10)17/h4-9H,2-3H2,1H3. The number of hydrogen-bond acceptors (Lipinski definition) is 0. The maximum atomic E-state index is 4.29. The molecule has 0 aromatic heterocycles. The van der Waals surface area contributed by atoms with Gasteiger partial charge in [-0.1, -0.05) is 43.5 Å². The highest BCUT2D eigenvalue weighted by molar-refractivity contribution is 14.1. The average molecular weight is 344 g/mol. The van der Waals surface area contributed by atoms with Crippen LogP contribution in [0.2, 0.25) is 0 Å². The van der Waals surface area contributed by atoms with E-state index in [2.05, 4.69) is 79.1 Å². The molecule has 88 valence electrons. The molecule has 0 fully saturated rings. The summed E-state index contributed by atoms with van der Waals surface area (Å²) in [5, 5.41) is 7.15. The highest BCUT2D eigenvalue weighted by Gasteiger charge is 2.07. The lowest BCUT2D eigenvalue weighted by molar-refractivity contribution is 1.51. The molecular weight excluding hydrogens is 331 g/mol. The molecule has 0 radical (unpaired) electrons. The number of hydrogen-bond donors (Lipinski definition) is 0. The molecule has 0 amide bonds. The lowest BCUT2D eigenvalue weighted by Gasteiger charge is -2.10. The molecule has 18 heavy (non-hydrogen) atoms. The third kappa shape index (κ3) is 1.50. The van der Waals surface area contributed by atoms with E-state index < -0.39 is 0 Å². The van der Waals surface area contributed by atoms with Gasteiger partial charge in [0.1, 0.15) is 0 Å². The normalized spacial score (nSPS) is 11.2. The molecule has 0 nitrogen and oxygen atoms in total. The van der Waals surface area contributed by atoms with Gasteiger partial charge >= 0.3 is 0 Å². The zero-order valence-corrected chi connectivity index (χ0v) is 12.4. The zero-order chi connectivity index (χ0) is 12.9. The Morgan fingerprint density at radius 1 is 0.833 bits per heavy atom. The molecule has 0 atom stereocenters. The lowest BCUT2D eigenvalue weighted by atomic mass is 9.96. The van der Waals surface area contributed by atoms with Crippen LogP contribution in [0, 0.1) is 10.5 Å². The molecule has 0 unspecified atom stereocenters. The first kappa shape index (κ1) is 11.7. The van der Waals surface area contributed by atoms with Gasteiger partial charge in [0.15, 0.2) is 0 Å². The highest BCUT2D eigenvalue weighted by atomic mass is 127. The molecule has 0 aliphatic carbocycles. The maximum absolute atomic E-state index is 4.29. The Kier molecular flexibility index (Phi) is 2.67. The predicted molar refractivity (Wildman–Crippen MR) is 89.2 cm³/mol. The van der Waals surface area contributed by atoms with Crippen molar-refractivity contribution in [2.75, 3.05) is 0 Å². The summed E-state index contributed by atoms with van der Waals surface area (Å²) >= 11 is 2.38. The summed E-state index contributed by atoms with van der Waals surface area (Å²) in [6.45, 7) is 10.7. The molecule has 0 saturated heterocycles. The van der Waals surface area contributed by atoms with Crippen LogP contribution < -0.4 is 10.4 Å². The summed E-state index contributed by atoms with van der Waals surface area (Å²) < 4.78 is 1.24. The van der Waals surface area contributed by atoms with Crippen LogP contribution in [0.5, 0.6) is 0 Å². The Balaban J connectivity index is 2.82. The molecule has 3 aromatic rings. The van der Waals surface area contributed by atoms with E-state index in [-0.39, 0.29) is 0 Å². The first-order chi connectivity index (χ1) is 8.61. The van der Waals surface area contributed by atoms with E-state index >= 15 is 0 Å². The third-order valence-electron chi connectivity index (χ3n) is 3.54. The Hall–Kier alpha value is -1.35. The van der Waals surface area contributed by atoms with Crippen molar-refractivity contribution < 1.29 is 0 Å². The van der Waals surface area contributed by atoms with Crippen LogP contribution in [0.4, 0.5) is 0 Å². The van der Waals surface area contributed by atoms with Gasteiger partial charge in [0.2, 0.25) is 0 Å². The molecule has 3 aromatic carbocycles. The van der Waals surface area contributed by atoms with Crippen molar-refractivity contribution in [3.63, 3.8) is 0 Å². The second-order valence-corrected chi connectivity index (χ2v) is 5.78. The summed E-state index contributed by atoms with van der Waals surface area (Å²) in [6.07, 6.45) is 0. The van der Waals surface area contributed by atoms with E-state index in [0.717, 1.165) is 10.4 Å². The molecule has 0 aliphatic heterocycles. The van der Waals surface area contributed by atoms with Crippen LogP contribution in [-0.4, -0.2) is 0 Å². The van der Waals surface area contributed by atoms with E-state index in [9.17, 15) is 0 Å². The van der Waals surface area contributed by atoms with Crippen molar-refractivity contribution >= 4 is 57.3 Å². The number of benzene rings is 3. The van der Waals surface area contributed by atoms with Crippen LogP contribution in [0.25, 0.3) is 34.7 Å².